The average Bonchev–Trinajstić information content (AvgIpc) is 2.81. The maximum absolute atomic E-state index is 11.6. The number of hydrogen-bond donors (Lipinski definition) is 1. The van der Waals surface area contributed by atoms with Gasteiger partial charge in [-0.05, 0) is 24.6 Å². The van der Waals surface area contributed by atoms with Gasteiger partial charge in [-0.1, -0.05) is 6.07 Å². The Hall–Kier alpha value is -2.10. The van der Waals surface area contributed by atoms with Gasteiger partial charge in [0.25, 0.3) is 5.91 Å². The van der Waals surface area contributed by atoms with Gasteiger partial charge in [0.1, 0.15) is 6.26 Å². The first-order valence-electron chi connectivity index (χ1n) is 4.97. The van der Waals surface area contributed by atoms with E-state index in [1.165, 1.54) is 12.5 Å². The molecule has 0 aliphatic carbocycles. The van der Waals surface area contributed by atoms with Crippen molar-refractivity contribution < 1.29 is 9.21 Å². The maximum Gasteiger partial charge on any atom is 0.254 e. The quantitative estimate of drug-likeness (QED) is 0.852. The number of amides is 1. The zero-order valence-electron chi connectivity index (χ0n) is 8.93. The minimum Gasteiger partial charge on any atom is -0.472 e. The highest BCUT2D eigenvalue weighted by molar-refractivity contribution is 5.93. The number of nitrogens with zero attached hydrogens (tertiary/aromatic N) is 1. The summed E-state index contributed by atoms with van der Waals surface area (Å²) in [5.41, 5.74) is 2.47. The van der Waals surface area contributed by atoms with E-state index in [4.69, 9.17) is 4.42 Å². The van der Waals surface area contributed by atoms with E-state index in [2.05, 4.69) is 10.3 Å². The van der Waals surface area contributed by atoms with Crippen LogP contribution in [0.1, 0.15) is 21.6 Å². The Labute approximate surface area is 93.3 Å². The van der Waals surface area contributed by atoms with Gasteiger partial charge in [-0.3, -0.25) is 9.78 Å². The van der Waals surface area contributed by atoms with Crippen LogP contribution in [0.15, 0.2) is 41.3 Å². The molecular formula is C12H12N2O2. The van der Waals surface area contributed by atoms with E-state index in [1.54, 1.807) is 12.3 Å². The fraction of sp³-hybridized carbons (Fsp3) is 0.167. The van der Waals surface area contributed by atoms with Crippen molar-refractivity contribution in [2.75, 3.05) is 0 Å². The second-order valence-corrected chi connectivity index (χ2v) is 3.50. The lowest BCUT2D eigenvalue weighted by Gasteiger charge is -2.03. The molecule has 2 heterocycles. The number of hydrogen-bond acceptors (Lipinski definition) is 3. The molecule has 4 heteroatoms. The first kappa shape index (κ1) is 10.4. The number of carbonyl (C=O) groups is 1. The van der Waals surface area contributed by atoms with Crippen molar-refractivity contribution in [3.8, 4) is 0 Å². The summed E-state index contributed by atoms with van der Waals surface area (Å²) in [4.78, 5) is 15.7. The smallest absolute Gasteiger partial charge is 0.254 e. The third-order valence-electron chi connectivity index (χ3n) is 2.21. The van der Waals surface area contributed by atoms with Crippen LogP contribution in [0.25, 0.3) is 0 Å². The number of aromatic nitrogens is 1. The largest absolute Gasteiger partial charge is 0.472 e. The average molecular weight is 216 g/mol. The van der Waals surface area contributed by atoms with Gasteiger partial charge < -0.3 is 9.73 Å². The molecule has 1 amide bonds. The molecule has 2 aromatic heterocycles. The summed E-state index contributed by atoms with van der Waals surface area (Å²) in [6, 6.07) is 5.49. The van der Waals surface area contributed by atoms with Crippen LogP contribution in [0.4, 0.5) is 0 Å². The SMILES string of the molecule is Cc1ccc(CNC(=O)c2ccoc2)cn1. The molecule has 2 rings (SSSR count). The molecule has 0 radical (unpaired) electrons. The van der Waals surface area contributed by atoms with Crippen LogP contribution in [-0.4, -0.2) is 10.9 Å². The van der Waals surface area contributed by atoms with Crippen molar-refractivity contribution in [3.63, 3.8) is 0 Å². The number of carbonyl (C=O) groups excluding carboxylic acids is 1. The van der Waals surface area contributed by atoms with E-state index in [0.717, 1.165) is 11.3 Å². The lowest BCUT2D eigenvalue weighted by atomic mass is 10.2. The minimum atomic E-state index is -0.144. The van der Waals surface area contributed by atoms with Gasteiger partial charge in [0.15, 0.2) is 0 Å². The van der Waals surface area contributed by atoms with Crippen LogP contribution in [0.2, 0.25) is 0 Å². The van der Waals surface area contributed by atoms with Crippen molar-refractivity contribution in [1.82, 2.24) is 10.3 Å². The molecule has 4 nitrogen and oxygen atoms in total. The Balaban J connectivity index is 1.93. The van der Waals surface area contributed by atoms with Crippen LogP contribution in [0.3, 0.4) is 0 Å². The molecular weight excluding hydrogens is 204 g/mol. The van der Waals surface area contributed by atoms with Gasteiger partial charge in [0.05, 0.1) is 11.8 Å². The molecule has 16 heavy (non-hydrogen) atoms. The van der Waals surface area contributed by atoms with E-state index in [-0.39, 0.29) is 5.91 Å². The first-order valence-corrected chi connectivity index (χ1v) is 4.97. The topological polar surface area (TPSA) is 55.1 Å². The summed E-state index contributed by atoms with van der Waals surface area (Å²) >= 11 is 0. The molecule has 0 fully saturated rings. The molecule has 0 atom stereocenters. The third-order valence-corrected chi connectivity index (χ3v) is 2.21. The highest BCUT2D eigenvalue weighted by atomic mass is 16.3. The molecule has 2 aromatic rings. The zero-order chi connectivity index (χ0) is 11.4. The normalized spacial score (nSPS) is 10.1. The van der Waals surface area contributed by atoms with E-state index >= 15 is 0 Å². The van der Waals surface area contributed by atoms with Gasteiger partial charge in [-0.15, -0.1) is 0 Å². The summed E-state index contributed by atoms with van der Waals surface area (Å²) in [7, 11) is 0. The fourth-order valence-electron chi connectivity index (χ4n) is 1.28. The number of furan rings is 1. The molecule has 0 unspecified atom stereocenters. The number of aryl methyl sites for hydroxylation is 1. The summed E-state index contributed by atoms with van der Waals surface area (Å²) in [5.74, 6) is -0.144. The van der Waals surface area contributed by atoms with Crippen LogP contribution in [0.5, 0.6) is 0 Å². The Morgan fingerprint density at radius 1 is 1.44 bits per heavy atom. The Bertz CT molecular complexity index is 460. The van der Waals surface area contributed by atoms with Crippen molar-refractivity contribution in [3.05, 3.63) is 53.7 Å². The van der Waals surface area contributed by atoms with Crippen LogP contribution < -0.4 is 5.32 Å². The molecule has 82 valence electrons. The molecule has 0 aromatic carbocycles. The molecule has 0 aliphatic heterocycles. The van der Waals surface area contributed by atoms with Crippen LogP contribution in [0, 0.1) is 6.92 Å². The Kier molecular flexibility index (Phi) is 3.00. The Morgan fingerprint density at radius 2 is 2.31 bits per heavy atom. The lowest BCUT2D eigenvalue weighted by Crippen LogP contribution is -2.22. The van der Waals surface area contributed by atoms with Crippen LogP contribution in [-0.2, 0) is 6.54 Å². The third kappa shape index (κ3) is 2.48. The first-order chi connectivity index (χ1) is 7.75. The van der Waals surface area contributed by atoms with E-state index < -0.39 is 0 Å². The number of pyridine rings is 1. The molecule has 0 spiro atoms. The van der Waals surface area contributed by atoms with Gasteiger partial charge in [0, 0.05) is 18.4 Å². The molecule has 0 bridgehead atoms. The summed E-state index contributed by atoms with van der Waals surface area (Å²) in [6.07, 6.45) is 4.65. The number of nitrogens with one attached hydrogen (secondary N) is 1. The van der Waals surface area contributed by atoms with Crippen molar-refractivity contribution >= 4 is 5.91 Å². The van der Waals surface area contributed by atoms with E-state index in [1.807, 2.05) is 19.1 Å². The second-order valence-electron chi connectivity index (χ2n) is 3.50. The molecule has 1 N–H and O–H groups in total. The monoisotopic (exact) mass is 216 g/mol. The summed E-state index contributed by atoms with van der Waals surface area (Å²) in [6.45, 7) is 2.39. The maximum atomic E-state index is 11.6. The van der Waals surface area contributed by atoms with Crippen molar-refractivity contribution in [1.29, 1.82) is 0 Å². The number of rotatable bonds is 3. The van der Waals surface area contributed by atoms with Crippen molar-refractivity contribution in [2.24, 2.45) is 0 Å². The van der Waals surface area contributed by atoms with Gasteiger partial charge in [0.2, 0.25) is 0 Å². The van der Waals surface area contributed by atoms with E-state index in [9.17, 15) is 4.79 Å². The van der Waals surface area contributed by atoms with Gasteiger partial charge >= 0.3 is 0 Å². The van der Waals surface area contributed by atoms with E-state index in [0.29, 0.717) is 12.1 Å². The van der Waals surface area contributed by atoms with Gasteiger partial charge in [-0.25, -0.2) is 0 Å². The van der Waals surface area contributed by atoms with Gasteiger partial charge in [-0.2, -0.15) is 0 Å². The minimum absolute atomic E-state index is 0.144. The molecule has 0 aliphatic rings. The van der Waals surface area contributed by atoms with Crippen molar-refractivity contribution in [2.45, 2.75) is 13.5 Å². The lowest BCUT2D eigenvalue weighted by molar-refractivity contribution is 0.0950. The second kappa shape index (κ2) is 4.61. The summed E-state index contributed by atoms with van der Waals surface area (Å²) < 4.78 is 4.83. The fourth-order valence-corrected chi connectivity index (χ4v) is 1.28. The highest BCUT2D eigenvalue weighted by Gasteiger charge is 2.05. The molecule has 0 saturated carbocycles. The zero-order valence-corrected chi connectivity index (χ0v) is 8.93. The molecule has 0 saturated heterocycles. The summed E-state index contributed by atoms with van der Waals surface area (Å²) in [5, 5.41) is 2.78. The predicted octanol–water partition coefficient (Wildman–Crippen LogP) is 1.91. The predicted molar refractivity (Wildman–Crippen MR) is 58.9 cm³/mol. The van der Waals surface area contributed by atoms with Crippen LogP contribution >= 0.6 is 0 Å². The highest BCUT2D eigenvalue weighted by Crippen LogP contribution is 2.02. The Morgan fingerprint density at radius 3 is 2.94 bits per heavy atom. The standard InChI is InChI=1S/C12H12N2O2/c1-9-2-3-10(6-13-9)7-14-12(15)11-4-5-16-8-11/h2-6,8H,7H2,1H3,(H,14,15).